The summed E-state index contributed by atoms with van der Waals surface area (Å²) in [7, 11) is 0. The van der Waals surface area contributed by atoms with Crippen molar-refractivity contribution >= 4 is 0 Å². The Morgan fingerprint density at radius 2 is 1.06 bits per heavy atom. The Labute approximate surface area is 374 Å². The largest absolute Gasteiger partial charge is 0.0713 e. The van der Waals surface area contributed by atoms with Crippen LogP contribution >= 0.6 is 0 Å². The third-order valence-corrected chi connectivity index (χ3v) is 17.6. The average Bonchev–Trinajstić information content (AvgIpc) is 3.77. The zero-order valence-corrected chi connectivity index (χ0v) is 40.3. The molecule has 0 aliphatic heterocycles. The number of allylic oxidation sites excluding steroid dienone is 16. The van der Waals surface area contributed by atoms with Crippen molar-refractivity contribution in [1.82, 2.24) is 0 Å². The molecule has 0 nitrogen and oxygen atoms in total. The van der Waals surface area contributed by atoms with Crippen LogP contribution in [0.2, 0.25) is 0 Å². The van der Waals surface area contributed by atoms with E-state index in [1.165, 1.54) is 28.7 Å². The van der Waals surface area contributed by atoms with Crippen molar-refractivity contribution in [2.75, 3.05) is 0 Å². The lowest BCUT2D eigenvalue weighted by Crippen LogP contribution is -2.48. The molecule has 3 aromatic rings. The number of hydrogen-bond acceptors (Lipinski definition) is 0. The predicted molar refractivity (Wildman–Crippen MR) is 263 cm³/mol. The summed E-state index contributed by atoms with van der Waals surface area (Å²) in [6, 6.07) is 25.1. The highest BCUT2D eigenvalue weighted by Crippen LogP contribution is 2.72. The van der Waals surface area contributed by atoms with Crippen LogP contribution in [0.5, 0.6) is 0 Å². The first kappa shape index (κ1) is 40.4. The lowest BCUT2D eigenvalue weighted by Gasteiger charge is -2.53. The van der Waals surface area contributed by atoms with E-state index in [0.717, 1.165) is 38.5 Å². The Kier molecular flexibility index (Phi) is 8.37. The molecule has 11 rings (SSSR count). The van der Waals surface area contributed by atoms with E-state index in [4.69, 9.17) is 0 Å². The van der Waals surface area contributed by atoms with E-state index in [1.54, 1.807) is 83.6 Å². The van der Waals surface area contributed by atoms with Gasteiger partial charge in [0.05, 0.1) is 10.8 Å². The molecule has 0 bridgehead atoms. The van der Waals surface area contributed by atoms with Crippen molar-refractivity contribution < 1.29 is 0 Å². The van der Waals surface area contributed by atoms with Gasteiger partial charge in [-0.15, -0.1) is 0 Å². The van der Waals surface area contributed by atoms with Crippen molar-refractivity contribution in [1.29, 1.82) is 0 Å². The maximum absolute atomic E-state index is 2.82. The van der Waals surface area contributed by atoms with Crippen molar-refractivity contribution in [3.8, 4) is 11.1 Å². The summed E-state index contributed by atoms with van der Waals surface area (Å²) in [4.78, 5) is 0. The summed E-state index contributed by atoms with van der Waals surface area (Å²) in [5.41, 5.74) is 29.2. The summed E-state index contributed by atoms with van der Waals surface area (Å²) in [5.74, 6) is 0.825. The van der Waals surface area contributed by atoms with E-state index in [1.807, 2.05) is 0 Å². The second-order valence-electron chi connectivity index (χ2n) is 24.4. The molecule has 0 radical (unpaired) electrons. The highest BCUT2D eigenvalue weighted by molar-refractivity contribution is 5.89. The minimum absolute atomic E-state index is 0.0825. The van der Waals surface area contributed by atoms with Gasteiger partial charge < -0.3 is 0 Å². The van der Waals surface area contributed by atoms with Gasteiger partial charge in [0.15, 0.2) is 0 Å². The van der Waals surface area contributed by atoms with Gasteiger partial charge in [0.25, 0.3) is 0 Å². The summed E-state index contributed by atoms with van der Waals surface area (Å²) in [6.07, 6.45) is 21.3. The smallest absolute Gasteiger partial charge is 0.0670 e. The second-order valence-corrected chi connectivity index (χ2v) is 24.4. The van der Waals surface area contributed by atoms with Gasteiger partial charge in [-0.05, 0) is 157 Å². The van der Waals surface area contributed by atoms with Gasteiger partial charge in [-0.25, -0.2) is 0 Å². The molecule has 2 spiro atoms. The Balaban J connectivity index is 1.35. The first-order valence-corrected chi connectivity index (χ1v) is 24.4. The molecule has 3 aromatic carbocycles. The third kappa shape index (κ3) is 5.13. The zero-order chi connectivity index (χ0) is 43.7. The van der Waals surface area contributed by atoms with Crippen molar-refractivity contribution in [3.63, 3.8) is 0 Å². The van der Waals surface area contributed by atoms with Gasteiger partial charge in [0, 0.05) is 11.3 Å². The standard InChI is InChI=1S/C62H70/c1-36(2)37-22-26-42-43-27-23-38(57(3,4)5)31-52(43)61(51(42)30-37)48-20-16-17-21-49(48)62(55-34-46-41-18-14-15-19-47(41)60(12,13)50(46)35-56(55)61)53-32-39(58(6,7)8)24-28-44(53)45-29-25-40(33-54(45)62)59(9,10)11/h14-21,24,28,30-31,33-36,53H,22-23,25-27,29,32H2,1-13H3. The number of rotatable bonds is 1. The molecule has 0 N–H and O–H groups in total. The van der Waals surface area contributed by atoms with Gasteiger partial charge in [0.1, 0.15) is 0 Å². The number of benzene rings is 3. The fourth-order valence-corrected chi connectivity index (χ4v) is 14.2. The Morgan fingerprint density at radius 3 is 1.71 bits per heavy atom. The molecule has 62 heavy (non-hydrogen) atoms. The summed E-state index contributed by atoms with van der Waals surface area (Å²) in [5, 5.41) is 0. The molecule has 8 aliphatic carbocycles. The molecule has 0 heteroatoms. The molecule has 0 saturated heterocycles. The minimum Gasteiger partial charge on any atom is -0.0670 e. The van der Waals surface area contributed by atoms with Gasteiger partial charge in [-0.3, -0.25) is 0 Å². The van der Waals surface area contributed by atoms with Gasteiger partial charge in [-0.1, -0.05) is 197 Å². The van der Waals surface area contributed by atoms with E-state index in [2.05, 4.69) is 181 Å². The lowest BCUT2D eigenvalue weighted by atomic mass is 9.48. The third-order valence-electron chi connectivity index (χ3n) is 17.6. The van der Waals surface area contributed by atoms with Crippen LogP contribution in [0.3, 0.4) is 0 Å². The van der Waals surface area contributed by atoms with Crippen LogP contribution in [-0.2, 0) is 16.2 Å². The van der Waals surface area contributed by atoms with Gasteiger partial charge in [-0.2, -0.15) is 0 Å². The van der Waals surface area contributed by atoms with Crippen molar-refractivity contribution in [2.24, 2.45) is 28.1 Å². The van der Waals surface area contributed by atoms with Crippen molar-refractivity contribution in [2.45, 2.75) is 151 Å². The maximum atomic E-state index is 2.82. The molecule has 318 valence electrons. The summed E-state index contributed by atoms with van der Waals surface area (Å²) >= 11 is 0. The number of fused-ring (bicyclic) bond motifs is 16. The van der Waals surface area contributed by atoms with Crippen LogP contribution in [-0.4, -0.2) is 0 Å². The average molecular weight is 815 g/mol. The van der Waals surface area contributed by atoms with Crippen LogP contribution in [0, 0.1) is 28.1 Å². The first-order chi connectivity index (χ1) is 29.2. The highest BCUT2D eigenvalue weighted by Gasteiger charge is 2.64. The molecule has 0 aromatic heterocycles. The molecule has 8 aliphatic rings. The lowest BCUT2D eigenvalue weighted by molar-refractivity contribution is 0.379. The molecule has 3 unspecified atom stereocenters. The van der Waals surface area contributed by atoms with E-state index in [-0.39, 0.29) is 27.1 Å². The van der Waals surface area contributed by atoms with E-state index < -0.39 is 5.41 Å². The molecule has 0 saturated carbocycles. The second kappa shape index (κ2) is 12.9. The first-order valence-electron chi connectivity index (χ1n) is 24.4. The molecular formula is C62H70. The topological polar surface area (TPSA) is 0 Å². The van der Waals surface area contributed by atoms with E-state index in [9.17, 15) is 0 Å². The molecule has 3 atom stereocenters. The highest BCUT2D eigenvalue weighted by atomic mass is 14.7. The SMILES string of the molecule is CC(C)C1=CC2=C(CC1)C1=C(C=C(C(C)(C)C)CC1)C21c2ccccc2C2(C3=C(CCC(C(C)(C)C)=C3)C3=CC=C(C(C)(C)C)CC32)c2cc3c(cc21)C(C)(C)c1ccccc1-3. The molecule has 0 heterocycles. The molecule has 0 fully saturated rings. The predicted octanol–water partition coefficient (Wildman–Crippen LogP) is 16.6. The van der Waals surface area contributed by atoms with Crippen LogP contribution in [0.15, 0.2) is 152 Å². The van der Waals surface area contributed by atoms with Crippen LogP contribution in [0.1, 0.15) is 168 Å². The maximum Gasteiger partial charge on any atom is 0.0713 e. The number of hydrogen-bond donors (Lipinski definition) is 0. The van der Waals surface area contributed by atoms with Crippen LogP contribution in [0.4, 0.5) is 0 Å². The van der Waals surface area contributed by atoms with Gasteiger partial charge >= 0.3 is 0 Å². The Bertz CT molecular complexity index is 2790. The minimum atomic E-state index is -0.408. The fourth-order valence-electron chi connectivity index (χ4n) is 14.2. The Hall–Kier alpha value is -4.42. The molecule has 0 amide bonds. The zero-order valence-electron chi connectivity index (χ0n) is 40.3. The van der Waals surface area contributed by atoms with Crippen LogP contribution in [0.25, 0.3) is 11.1 Å². The van der Waals surface area contributed by atoms with Gasteiger partial charge in [0.2, 0.25) is 0 Å². The van der Waals surface area contributed by atoms with E-state index in [0.29, 0.717) is 11.8 Å². The monoisotopic (exact) mass is 815 g/mol. The summed E-state index contributed by atoms with van der Waals surface area (Å²) in [6.45, 7) is 31.9. The van der Waals surface area contributed by atoms with Crippen LogP contribution < -0.4 is 0 Å². The normalized spacial score (nSPS) is 26.9. The molecular weight excluding hydrogens is 745 g/mol. The quantitative estimate of drug-likeness (QED) is 0.230. The van der Waals surface area contributed by atoms with E-state index >= 15 is 0 Å². The summed E-state index contributed by atoms with van der Waals surface area (Å²) < 4.78 is 0. The Morgan fingerprint density at radius 1 is 0.500 bits per heavy atom. The van der Waals surface area contributed by atoms with Crippen molar-refractivity contribution in [3.05, 3.63) is 186 Å². The fraction of sp³-hybridized carbons (Fsp3) is 0.452.